The van der Waals surface area contributed by atoms with Crippen LogP contribution in [0.2, 0.25) is 0 Å². The summed E-state index contributed by atoms with van der Waals surface area (Å²) in [6.45, 7) is 5.95. The van der Waals surface area contributed by atoms with E-state index in [2.05, 4.69) is 16.6 Å². The second-order valence-corrected chi connectivity index (χ2v) is 3.70. The van der Waals surface area contributed by atoms with Crippen LogP contribution in [0.3, 0.4) is 0 Å². The fraction of sp³-hybridized carbons (Fsp3) is 0.200. The van der Waals surface area contributed by atoms with Crippen LogP contribution in [0.1, 0.15) is 6.92 Å². The number of nitrogens with one attached hydrogen (secondary N) is 1. The molecule has 0 fully saturated rings. The van der Waals surface area contributed by atoms with Crippen LogP contribution >= 0.6 is 0 Å². The Labute approximate surface area is 117 Å². The summed E-state index contributed by atoms with van der Waals surface area (Å²) in [5.74, 6) is -0.265. The van der Waals surface area contributed by atoms with Gasteiger partial charge in [-0.15, -0.1) is 0 Å². The Kier molecular flexibility index (Phi) is 6.61. The lowest BCUT2D eigenvalue weighted by Crippen LogP contribution is -2.09. The summed E-state index contributed by atoms with van der Waals surface area (Å²) in [4.78, 5) is 22.6. The first-order valence-electron chi connectivity index (χ1n) is 6.15. The molecule has 0 aliphatic carbocycles. The van der Waals surface area contributed by atoms with Crippen molar-refractivity contribution < 1.29 is 19.1 Å². The van der Waals surface area contributed by atoms with Crippen LogP contribution < -0.4 is 10.1 Å². The number of benzene rings is 1. The quantitative estimate of drug-likeness (QED) is 0.471. The number of hydrogen-bond donors (Lipinski definition) is 1. The molecule has 1 aromatic carbocycles. The Morgan fingerprint density at radius 3 is 2.55 bits per heavy atom. The minimum atomic E-state index is -0.546. The maximum absolute atomic E-state index is 11.5. The summed E-state index contributed by atoms with van der Waals surface area (Å²) in [6, 6.07) is 6.87. The first-order chi connectivity index (χ1) is 9.65. The monoisotopic (exact) mass is 275 g/mol. The van der Waals surface area contributed by atoms with Crippen molar-refractivity contribution in [2.45, 2.75) is 6.92 Å². The van der Waals surface area contributed by atoms with Crippen LogP contribution in [0.15, 0.2) is 49.1 Å². The number of amides is 1. The highest BCUT2D eigenvalue weighted by atomic mass is 16.5. The van der Waals surface area contributed by atoms with Gasteiger partial charge in [0.05, 0.1) is 6.61 Å². The summed E-state index contributed by atoms with van der Waals surface area (Å²) in [6.07, 6.45) is 3.86. The van der Waals surface area contributed by atoms with Gasteiger partial charge in [0.15, 0.2) is 0 Å². The fourth-order valence-electron chi connectivity index (χ4n) is 1.31. The van der Waals surface area contributed by atoms with E-state index >= 15 is 0 Å². The van der Waals surface area contributed by atoms with Crippen LogP contribution in [0, 0.1) is 0 Å². The van der Waals surface area contributed by atoms with E-state index in [1.165, 1.54) is 0 Å². The van der Waals surface area contributed by atoms with E-state index in [1.807, 2.05) is 0 Å². The van der Waals surface area contributed by atoms with Crippen molar-refractivity contribution in [3.05, 3.63) is 49.1 Å². The minimum absolute atomic E-state index is 0.275. The molecule has 0 bridgehead atoms. The van der Waals surface area contributed by atoms with Crippen molar-refractivity contribution in [2.75, 3.05) is 18.5 Å². The predicted molar refractivity (Wildman–Crippen MR) is 76.5 cm³/mol. The molecule has 0 atom stereocenters. The van der Waals surface area contributed by atoms with Gasteiger partial charge in [0.1, 0.15) is 12.4 Å². The van der Waals surface area contributed by atoms with Gasteiger partial charge >= 0.3 is 5.97 Å². The summed E-state index contributed by atoms with van der Waals surface area (Å²) < 4.78 is 9.98. The summed E-state index contributed by atoms with van der Waals surface area (Å²) in [5, 5.41) is 2.61. The third-order valence-electron chi connectivity index (χ3n) is 2.15. The average molecular weight is 275 g/mol. The molecule has 1 rings (SSSR count). The topological polar surface area (TPSA) is 64.6 Å². The molecule has 0 radical (unpaired) electrons. The van der Waals surface area contributed by atoms with Crippen molar-refractivity contribution >= 4 is 17.6 Å². The molecule has 0 aliphatic rings. The molecular formula is C15H17NO4. The largest absolute Gasteiger partial charge is 0.490 e. The van der Waals surface area contributed by atoms with E-state index in [0.717, 1.165) is 12.2 Å². The average Bonchev–Trinajstić information content (AvgIpc) is 2.45. The zero-order valence-electron chi connectivity index (χ0n) is 11.3. The number of rotatable bonds is 7. The van der Waals surface area contributed by atoms with E-state index in [9.17, 15) is 9.59 Å². The highest BCUT2D eigenvalue weighted by Crippen LogP contribution is 2.15. The summed E-state index contributed by atoms with van der Waals surface area (Å²) in [7, 11) is 0. The Bertz CT molecular complexity index is 491. The number of hydrogen-bond acceptors (Lipinski definition) is 4. The number of carbonyl (C=O) groups excluding carboxylic acids is 2. The molecule has 20 heavy (non-hydrogen) atoms. The number of esters is 1. The first-order valence-corrected chi connectivity index (χ1v) is 6.15. The Balaban J connectivity index is 2.49. The van der Waals surface area contributed by atoms with Crippen LogP contribution in [0.4, 0.5) is 5.69 Å². The summed E-state index contributed by atoms with van der Waals surface area (Å²) >= 11 is 0. The van der Waals surface area contributed by atoms with Crippen LogP contribution in [0.25, 0.3) is 0 Å². The normalized spacial score (nSPS) is 10.1. The lowest BCUT2D eigenvalue weighted by molar-refractivity contribution is -0.137. The predicted octanol–water partition coefficient (Wildman–Crippen LogP) is 2.31. The minimum Gasteiger partial charge on any atom is -0.490 e. The van der Waals surface area contributed by atoms with Gasteiger partial charge in [0, 0.05) is 17.8 Å². The molecule has 0 heterocycles. The molecule has 106 valence electrons. The molecule has 1 N–H and O–H groups in total. The third-order valence-corrected chi connectivity index (χ3v) is 2.15. The summed E-state index contributed by atoms with van der Waals surface area (Å²) in [5.41, 5.74) is 0.606. The molecule has 0 unspecified atom stereocenters. The highest BCUT2D eigenvalue weighted by molar-refractivity contribution is 6.02. The smallest absolute Gasteiger partial charge is 0.330 e. The first kappa shape index (κ1) is 15.5. The van der Waals surface area contributed by atoms with Crippen LogP contribution in [0.5, 0.6) is 5.75 Å². The highest BCUT2D eigenvalue weighted by Gasteiger charge is 2.00. The standard InChI is InChI=1S/C15H17NO4/c1-3-11-20-13-7-5-12(6-8-13)16-14(17)9-10-15(18)19-4-2/h3,5-10H,1,4,11H2,2H3,(H,16,17). The third kappa shape index (κ3) is 5.86. The molecule has 1 aromatic rings. The van der Waals surface area contributed by atoms with E-state index in [0.29, 0.717) is 18.0 Å². The van der Waals surface area contributed by atoms with E-state index in [-0.39, 0.29) is 6.61 Å². The number of ether oxygens (including phenoxy) is 2. The molecule has 0 spiro atoms. The Morgan fingerprint density at radius 2 is 1.95 bits per heavy atom. The lowest BCUT2D eigenvalue weighted by Gasteiger charge is -2.05. The Morgan fingerprint density at radius 1 is 1.25 bits per heavy atom. The molecular weight excluding hydrogens is 258 g/mol. The van der Waals surface area contributed by atoms with Gasteiger partial charge in [0.25, 0.3) is 0 Å². The van der Waals surface area contributed by atoms with E-state index in [4.69, 9.17) is 4.74 Å². The molecule has 1 amide bonds. The van der Waals surface area contributed by atoms with Crippen molar-refractivity contribution in [3.8, 4) is 5.75 Å². The maximum atomic E-state index is 11.5. The maximum Gasteiger partial charge on any atom is 0.330 e. The fourth-order valence-corrected chi connectivity index (χ4v) is 1.31. The molecule has 0 saturated heterocycles. The van der Waals surface area contributed by atoms with Crippen molar-refractivity contribution in [2.24, 2.45) is 0 Å². The van der Waals surface area contributed by atoms with Crippen LogP contribution in [-0.2, 0) is 14.3 Å². The van der Waals surface area contributed by atoms with Crippen LogP contribution in [-0.4, -0.2) is 25.1 Å². The van der Waals surface area contributed by atoms with E-state index < -0.39 is 11.9 Å². The zero-order chi connectivity index (χ0) is 14.8. The van der Waals surface area contributed by atoms with Gasteiger partial charge < -0.3 is 14.8 Å². The zero-order valence-corrected chi connectivity index (χ0v) is 11.3. The molecule has 5 nitrogen and oxygen atoms in total. The van der Waals surface area contributed by atoms with Gasteiger partial charge in [-0.05, 0) is 31.2 Å². The van der Waals surface area contributed by atoms with Gasteiger partial charge in [-0.2, -0.15) is 0 Å². The van der Waals surface area contributed by atoms with E-state index in [1.54, 1.807) is 37.3 Å². The van der Waals surface area contributed by atoms with Crippen molar-refractivity contribution in [3.63, 3.8) is 0 Å². The lowest BCUT2D eigenvalue weighted by atomic mass is 10.3. The molecule has 5 heteroatoms. The molecule has 0 aromatic heterocycles. The van der Waals surface area contributed by atoms with Gasteiger partial charge in [-0.3, -0.25) is 4.79 Å². The molecule has 0 saturated carbocycles. The van der Waals surface area contributed by atoms with Gasteiger partial charge in [-0.25, -0.2) is 4.79 Å². The second-order valence-electron chi connectivity index (χ2n) is 3.70. The van der Waals surface area contributed by atoms with Gasteiger partial charge in [0.2, 0.25) is 5.91 Å². The second kappa shape index (κ2) is 8.53. The van der Waals surface area contributed by atoms with Crippen molar-refractivity contribution in [1.29, 1.82) is 0 Å². The van der Waals surface area contributed by atoms with Gasteiger partial charge in [-0.1, -0.05) is 12.7 Å². The number of carbonyl (C=O) groups is 2. The SMILES string of the molecule is C=CCOc1ccc(NC(=O)C=CC(=O)OCC)cc1. The van der Waals surface area contributed by atoms with Crippen molar-refractivity contribution in [1.82, 2.24) is 0 Å². The Hall–Kier alpha value is -2.56. The number of anilines is 1. The molecule has 0 aliphatic heterocycles.